The first kappa shape index (κ1) is 11.7. The summed E-state index contributed by atoms with van der Waals surface area (Å²) in [4.78, 5) is 5.65. The Labute approximate surface area is 90.8 Å². The van der Waals surface area contributed by atoms with Crippen LogP contribution in [0.5, 0.6) is 0 Å². The van der Waals surface area contributed by atoms with Crippen molar-refractivity contribution in [1.29, 1.82) is 0 Å². The van der Waals surface area contributed by atoms with E-state index in [2.05, 4.69) is 31.1 Å². The third kappa shape index (κ3) is 4.72. The van der Waals surface area contributed by atoms with Gasteiger partial charge in [-0.2, -0.15) is 0 Å². The number of aryl methyl sites for hydroxylation is 2. The summed E-state index contributed by atoms with van der Waals surface area (Å²) in [7, 11) is 0. The monoisotopic (exact) mass is 212 g/mol. The van der Waals surface area contributed by atoms with Crippen molar-refractivity contribution in [1.82, 2.24) is 10.3 Å². The molecule has 0 aliphatic rings. The summed E-state index contributed by atoms with van der Waals surface area (Å²) in [6.07, 6.45) is 4.38. The molecule has 0 unspecified atom stereocenters. The zero-order valence-electron chi connectivity index (χ0n) is 9.34. The second-order valence-electron chi connectivity index (χ2n) is 4.05. The highest BCUT2D eigenvalue weighted by molar-refractivity contribution is 7.11. The van der Waals surface area contributed by atoms with E-state index in [1.165, 1.54) is 16.3 Å². The molecule has 1 N–H and O–H groups in total. The van der Waals surface area contributed by atoms with E-state index in [9.17, 15) is 0 Å². The third-order valence-corrected chi connectivity index (χ3v) is 2.97. The summed E-state index contributed by atoms with van der Waals surface area (Å²) in [6.45, 7) is 8.78. The molecular weight excluding hydrogens is 192 g/mol. The molecule has 0 bridgehead atoms. The second-order valence-corrected chi connectivity index (χ2v) is 5.37. The fourth-order valence-electron chi connectivity index (χ4n) is 1.30. The molecule has 0 fully saturated rings. The maximum atomic E-state index is 4.24. The molecule has 80 valence electrons. The van der Waals surface area contributed by atoms with E-state index in [4.69, 9.17) is 0 Å². The SMILES string of the molecule is Cc1ncc(CCCNCC(C)C)s1. The number of aromatic nitrogens is 1. The van der Waals surface area contributed by atoms with Crippen molar-refractivity contribution in [2.75, 3.05) is 13.1 Å². The van der Waals surface area contributed by atoms with Crippen molar-refractivity contribution in [3.05, 3.63) is 16.1 Å². The van der Waals surface area contributed by atoms with E-state index in [-0.39, 0.29) is 0 Å². The molecule has 1 aromatic heterocycles. The average Bonchev–Trinajstić information content (AvgIpc) is 2.50. The largest absolute Gasteiger partial charge is 0.316 e. The Bertz CT molecular complexity index is 256. The van der Waals surface area contributed by atoms with Gasteiger partial charge in [0.2, 0.25) is 0 Å². The van der Waals surface area contributed by atoms with E-state index < -0.39 is 0 Å². The molecule has 2 nitrogen and oxygen atoms in total. The molecule has 14 heavy (non-hydrogen) atoms. The highest BCUT2D eigenvalue weighted by Crippen LogP contribution is 2.12. The van der Waals surface area contributed by atoms with Crippen molar-refractivity contribution in [3.63, 3.8) is 0 Å². The van der Waals surface area contributed by atoms with Gasteiger partial charge in [0.15, 0.2) is 0 Å². The zero-order valence-corrected chi connectivity index (χ0v) is 10.2. The summed E-state index contributed by atoms with van der Waals surface area (Å²) in [5.74, 6) is 0.751. The first-order chi connectivity index (χ1) is 6.68. The van der Waals surface area contributed by atoms with Crippen LogP contribution in [-0.2, 0) is 6.42 Å². The van der Waals surface area contributed by atoms with Crippen LogP contribution >= 0.6 is 11.3 Å². The Morgan fingerprint density at radius 2 is 2.29 bits per heavy atom. The van der Waals surface area contributed by atoms with Crippen LogP contribution in [0.2, 0.25) is 0 Å². The van der Waals surface area contributed by atoms with Crippen molar-refractivity contribution >= 4 is 11.3 Å². The van der Waals surface area contributed by atoms with Gasteiger partial charge >= 0.3 is 0 Å². The molecule has 0 saturated heterocycles. The quantitative estimate of drug-likeness (QED) is 0.733. The molecule has 0 amide bonds. The van der Waals surface area contributed by atoms with Gasteiger partial charge in [-0.15, -0.1) is 11.3 Å². The molecule has 0 aliphatic heterocycles. The molecule has 0 saturated carbocycles. The number of nitrogens with one attached hydrogen (secondary N) is 1. The standard InChI is InChI=1S/C11H20N2S/c1-9(2)7-12-6-4-5-11-8-13-10(3)14-11/h8-9,12H,4-7H2,1-3H3. The topological polar surface area (TPSA) is 24.9 Å². The van der Waals surface area contributed by atoms with Crippen LogP contribution in [0.15, 0.2) is 6.20 Å². The van der Waals surface area contributed by atoms with Crippen LogP contribution in [0.3, 0.4) is 0 Å². The fraction of sp³-hybridized carbons (Fsp3) is 0.727. The average molecular weight is 212 g/mol. The van der Waals surface area contributed by atoms with Crippen molar-refractivity contribution in [2.45, 2.75) is 33.6 Å². The number of thiazole rings is 1. The summed E-state index contributed by atoms with van der Waals surface area (Å²) in [5.41, 5.74) is 0. The molecular formula is C11H20N2S. The Morgan fingerprint density at radius 3 is 2.86 bits per heavy atom. The van der Waals surface area contributed by atoms with Crippen molar-refractivity contribution in [3.8, 4) is 0 Å². The summed E-state index contributed by atoms with van der Waals surface area (Å²) >= 11 is 1.81. The smallest absolute Gasteiger partial charge is 0.0896 e. The van der Waals surface area contributed by atoms with E-state index in [1.807, 2.05) is 17.5 Å². The van der Waals surface area contributed by atoms with Gasteiger partial charge in [-0.05, 0) is 38.8 Å². The minimum atomic E-state index is 0.751. The third-order valence-electron chi connectivity index (χ3n) is 2.00. The Balaban J connectivity index is 2.04. The minimum absolute atomic E-state index is 0.751. The fourth-order valence-corrected chi connectivity index (χ4v) is 2.14. The van der Waals surface area contributed by atoms with Crippen LogP contribution in [0, 0.1) is 12.8 Å². The number of hydrogen-bond donors (Lipinski definition) is 1. The summed E-state index contributed by atoms with van der Waals surface area (Å²) < 4.78 is 0. The van der Waals surface area contributed by atoms with Gasteiger partial charge in [0.25, 0.3) is 0 Å². The van der Waals surface area contributed by atoms with E-state index in [0.717, 1.165) is 25.4 Å². The van der Waals surface area contributed by atoms with Gasteiger partial charge in [0, 0.05) is 11.1 Å². The molecule has 3 heteroatoms. The van der Waals surface area contributed by atoms with E-state index in [1.54, 1.807) is 0 Å². The van der Waals surface area contributed by atoms with Crippen LogP contribution < -0.4 is 5.32 Å². The number of nitrogens with zero attached hydrogens (tertiary/aromatic N) is 1. The lowest BCUT2D eigenvalue weighted by molar-refractivity contribution is 0.543. The highest BCUT2D eigenvalue weighted by atomic mass is 32.1. The molecule has 0 radical (unpaired) electrons. The van der Waals surface area contributed by atoms with Crippen LogP contribution in [-0.4, -0.2) is 18.1 Å². The highest BCUT2D eigenvalue weighted by Gasteiger charge is 1.98. The Morgan fingerprint density at radius 1 is 1.50 bits per heavy atom. The maximum absolute atomic E-state index is 4.24. The zero-order chi connectivity index (χ0) is 10.4. The first-order valence-electron chi connectivity index (χ1n) is 5.30. The minimum Gasteiger partial charge on any atom is -0.316 e. The van der Waals surface area contributed by atoms with Gasteiger partial charge in [0.1, 0.15) is 0 Å². The van der Waals surface area contributed by atoms with Gasteiger partial charge in [0.05, 0.1) is 5.01 Å². The summed E-state index contributed by atoms with van der Waals surface area (Å²) in [6, 6.07) is 0. The van der Waals surface area contributed by atoms with Gasteiger partial charge in [-0.25, -0.2) is 4.98 Å². The lowest BCUT2D eigenvalue weighted by Gasteiger charge is -2.05. The van der Waals surface area contributed by atoms with Gasteiger partial charge < -0.3 is 5.32 Å². The molecule has 0 aliphatic carbocycles. The predicted molar refractivity (Wildman–Crippen MR) is 62.9 cm³/mol. The van der Waals surface area contributed by atoms with Gasteiger partial charge in [-0.1, -0.05) is 13.8 Å². The lowest BCUT2D eigenvalue weighted by atomic mass is 10.2. The molecule has 0 aromatic carbocycles. The van der Waals surface area contributed by atoms with Crippen molar-refractivity contribution < 1.29 is 0 Å². The Hall–Kier alpha value is -0.410. The normalized spacial score (nSPS) is 11.1. The molecule has 0 spiro atoms. The molecule has 1 heterocycles. The van der Waals surface area contributed by atoms with Gasteiger partial charge in [-0.3, -0.25) is 0 Å². The number of hydrogen-bond acceptors (Lipinski definition) is 3. The second kappa shape index (κ2) is 6.14. The lowest BCUT2D eigenvalue weighted by Crippen LogP contribution is -2.20. The van der Waals surface area contributed by atoms with Crippen molar-refractivity contribution in [2.24, 2.45) is 5.92 Å². The van der Waals surface area contributed by atoms with Crippen LogP contribution in [0.1, 0.15) is 30.2 Å². The summed E-state index contributed by atoms with van der Waals surface area (Å²) in [5, 5.41) is 4.62. The first-order valence-corrected chi connectivity index (χ1v) is 6.12. The Kier molecular flexibility index (Phi) is 5.12. The molecule has 1 rings (SSSR count). The van der Waals surface area contributed by atoms with E-state index >= 15 is 0 Å². The molecule has 0 atom stereocenters. The molecule has 1 aromatic rings. The van der Waals surface area contributed by atoms with Crippen LogP contribution in [0.4, 0.5) is 0 Å². The van der Waals surface area contributed by atoms with Crippen LogP contribution in [0.25, 0.3) is 0 Å². The number of rotatable bonds is 6. The van der Waals surface area contributed by atoms with E-state index in [0.29, 0.717) is 0 Å². The predicted octanol–water partition coefficient (Wildman–Crippen LogP) is 2.63. The maximum Gasteiger partial charge on any atom is 0.0896 e.